The van der Waals surface area contributed by atoms with Crippen LogP contribution in [0.1, 0.15) is 44.0 Å². The number of rotatable bonds is 6. The van der Waals surface area contributed by atoms with Crippen molar-refractivity contribution < 1.29 is 18.8 Å². The summed E-state index contributed by atoms with van der Waals surface area (Å²) < 4.78 is 12.9. The smallest absolute Gasteiger partial charge is 0.251 e. The van der Waals surface area contributed by atoms with Gasteiger partial charge in [-0.1, -0.05) is 0 Å². The van der Waals surface area contributed by atoms with Crippen molar-refractivity contribution in [2.75, 3.05) is 26.7 Å². The number of nitrogens with zero attached hydrogens (tertiary/aromatic N) is 2. The lowest BCUT2D eigenvalue weighted by atomic mass is 10.1. The molecule has 1 aromatic carbocycles. The second-order valence-electron chi connectivity index (χ2n) is 8.03. The van der Waals surface area contributed by atoms with Gasteiger partial charge in [0.2, 0.25) is 11.8 Å². The Bertz CT molecular complexity index is 697. The van der Waals surface area contributed by atoms with Crippen LogP contribution in [0.2, 0.25) is 0 Å². The van der Waals surface area contributed by atoms with E-state index in [-0.39, 0.29) is 42.1 Å². The van der Waals surface area contributed by atoms with Crippen LogP contribution in [0, 0.1) is 11.7 Å². The number of benzene rings is 1. The predicted octanol–water partition coefficient (Wildman–Crippen LogP) is 2.05. The summed E-state index contributed by atoms with van der Waals surface area (Å²) in [5.41, 5.74) is 0.142. The molecule has 1 atom stereocenters. The minimum absolute atomic E-state index is 0.0870. The summed E-state index contributed by atoms with van der Waals surface area (Å²) in [5, 5.41) is 2.66. The van der Waals surface area contributed by atoms with Crippen molar-refractivity contribution in [3.05, 3.63) is 35.6 Å². The molecule has 0 radical (unpaired) electrons. The number of nitrogens with one attached hydrogen (secondary N) is 1. The van der Waals surface area contributed by atoms with E-state index < -0.39 is 5.82 Å². The molecule has 27 heavy (non-hydrogen) atoms. The van der Waals surface area contributed by atoms with E-state index in [4.69, 9.17) is 0 Å². The number of carbonyl (C=O) groups excluding carboxylic acids is 3. The number of hydrogen-bond acceptors (Lipinski definition) is 3. The summed E-state index contributed by atoms with van der Waals surface area (Å²) in [7, 11) is 1.72. The molecule has 0 aliphatic carbocycles. The molecule has 0 bridgehead atoms. The molecule has 1 aliphatic heterocycles. The fourth-order valence-corrected chi connectivity index (χ4v) is 3.22. The zero-order valence-electron chi connectivity index (χ0n) is 16.4. The van der Waals surface area contributed by atoms with E-state index in [1.807, 2.05) is 25.7 Å². The van der Waals surface area contributed by atoms with E-state index in [0.29, 0.717) is 25.1 Å². The van der Waals surface area contributed by atoms with E-state index in [1.165, 1.54) is 24.3 Å². The molecule has 1 aliphatic rings. The second kappa shape index (κ2) is 8.50. The van der Waals surface area contributed by atoms with Gasteiger partial charge in [-0.05, 0) is 45.0 Å². The molecule has 1 aromatic rings. The van der Waals surface area contributed by atoms with Crippen molar-refractivity contribution in [1.82, 2.24) is 15.1 Å². The van der Waals surface area contributed by atoms with Crippen molar-refractivity contribution in [3.63, 3.8) is 0 Å². The Balaban J connectivity index is 1.75. The largest absolute Gasteiger partial charge is 0.352 e. The van der Waals surface area contributed by atoms with Gasteiger partial charge in [0.25, 0.3) is 5.91 Å². The van der Waals surface area contributed by atoms with E-state index >= 15 is 0 Å². The highest BCUT2D eigenvalue weighted by Crippen LogP contribution is 2.26. The van der Waals surface area contributed by atoms with E-state index in [2.05, 4.69) is 5.32 Å². The van der Waals surface area contributed by atoms with Crippen LogP contribution in [-0.2, 0) is 9.59 Å². The molecule has 0 unspecified atom stereocenters. The lowest BCUT2D eigenvalue weighted by molar-refractivity contribution is -0.132. The third-order valence-electron chi connectivity index (χ3n) is 4.70. The molecule has 2 rings (SSSR count). The SMILES string of the molecule is CN(C[C@@H]1CC(=O)N(C(C)(C)C)C1)C(=O)CCNC(=O)c1ccc(F)cc1. The normalized spacial score (nSPS) is 17.1. The maximum atomic E-state index is 12.9. The molecule has 148 valence electrons. The first-order valence-corrected chi connectivity index (χ1v) is 9.16. The molecule has 1 N–H and O–H groups in total. The molecule has 1 heterocycles. The zero-order valence-corrected chi connectivity index (χ0v) is 16.4. The Hall–Kier alpha value is -2.44. The van der Waals surface area contributed by atoms with Gasteiger partial charge in [0.05, 0.1) is 0 Å². The van der Waals surface area contributed by atoms with Crippen LogP contribution in [0.15, 0.2) is 24.3 Å². The van der Waals surface area contributed by atoms with Crippen LogP contribution in [-0.4, -0.2) is 59.7 Å². The lowest BCUT2D eigenvalue weighted by Gasteiger charge is -2.32. The maximum Gasteiger partial charge on any atom is 0.251 e. The molecule has 0 spiro atoms. The van der Waals surface area contributed by atoms with Gasteiger partial charge >= 0.3 is 0 Å². The van der Waals surface area contributed by atoms with E-state index in [1.54, 1.807) is 11.9 Å². The van der Waals surface area contributed by atoms with Crippen LogP contribution in [0.3, 0.4) is 0 Å². The summed E-state index contributed by atoms with van der Waals surface area (Å²) in [6, 6.07) is 5.24. The van der Waals surface area contributed by atoms with Crippen LogP contribution in [0.5, 0.6) is 0 Å². The van der Waals surface area contributed by atoms with Gasteiger partial charge in [-0.2, -0.15) is 0 Å². The van der Waals surface area contributed by atoms with Crippen LogP contribution in [0.4, 0.5) is 4.39 Å². The zero-order chi connectivity index (χ0) is 20.2. The number of carbonyl (C=O) groups is 3. The van der Waals surface area contributed by atoms with Crippen molar-refractivity contribution in [2.45, 2.75) is 39.2 Å². The van der Waals surface area contributed by atoms with Gasteiger partial charge in [-0.25, -0.2) is 4.39 Å². The molecule has 7 heteroatoms. The Morgan fingerprint density at radius 3 is 2.44 bits per heavy atom. The Labute approximate surface area is 159 Å². The predicted molar refractivity (Wildman–Crippen MR) is 101 cm³/mol. The van der Waals surface area contributed by atoms with Crippen molar-refractivity contribution in [1.29, 1.82) is 0 Å². The fraction of sp³-hybridized carbons (Fsp3) is 0.550. The van der Waals surface area contributed by atoms with Crippen LogP contribution < -0.4 is 5.32 Å². The minimum atomic E-state index is -0.404. The van der Waals surface area contributed by atoms with Crippen molar-refractivity contribution in [3.8, 4) is 0 Å². The molecule has 0 saturated carbocycles. The number of amides is 3. The molecule has 1 saturated heterocycles. The molecular weight excluding hydrogens is 349 g/mol. The second-order valence-corrected chi connectivity index (χ2v) is 8.03. The van der Waals surface area contributed by atoms with Gasteiger partial charge in [-0.3, -0.25) is 14.4 Å². The van der Waals surface area contributed by atoms with Crippen molar-refractivity contribution in [2.24, 2.45) is 5.92 Å². The van der Waals surface area contributed by atoms with Gasteiger partial charge in [0.15, 0.2) is 0 Å². The topological polar surface area (TPSA) is 69.7 Å². The monoisotopic (exact) mass is 377 g/mol. The molecule has 1 fully saturated rings. The van der Waals surface area contributed by atoms with Gasteiger partial charge in [0, 0.05) is 56.5 Å². The highest BCUT2D eigenvalue weighted by atomic mass is 19.1. The first kappa shape index (κ1) is 20.9. The highest BCUT2D eigenvalue weighted by molar-refractivity contribution is 5.94. The Morgan fingerprint density at radius 2 is 1.89 bits per heavy atom. The summed E-state index contributed by atoms with van der Waals surface area (Å²) in [6.07, 6.45) is 0.628. The van der Waals surface area contributed by atoms with Gasteiger partial charge in [0.1, 0.15) is 5.82 Å². The lowest BCUT2D eigenvalue weighted by Crippen LogP contribution is -2.43. The standard InChI is InChI=1S/C20H28FN3O3/c1-20(2,3)24-13-14(11-18(24)26)12-23(4)17(25)9-10-22-19(27)15-5-7-16(21)8-6-15/h5-8,14H,9-13H2,1-4H3,(H,22,27)/t14-/m0/s1. The van der Waals surface area contributed by atoms with Gasteiger partial charge in [-0.15, -0.1) is 0 Å². The van der Waals surface area contributed by atoms with Crippen LogP contribution in [0.25, 0.3) is 0 Å². The third-order valence-corrected chi connectivity index (χ3v) is 4.70. The van der Waals surface area contributed by atoms with Crippen molar-refractivity contribution >= 4 is 17.7 Å². The summed E-state index contributed by atoms with van der Waals surface area (Å²) >= 11 is 0. The third kappa shape index (κ3) is 5.77. The van der Waals surface area contributed by atoms with E-state index in [9.17, 15) is 18.8 Å². The average molecular weight is 377 g/mol. The Morgan fingerprint density at radius 1 is 1.26 bits per heavy atom. The summed E-state index contributed by atoms with van der Waals surface area (Å²) in [4.78, 5) is 39.8. The number of halogens is 1. The average Bonchev–Trinajstić information content (AvgIpc) is 2.95. The quantitative estimate of drug-likeness (QED) is 0.825. The molecular formula is C20H28FN3O3. The van der Waals surface area contributed by atoms with E-state index in [0.717, 1.165) is 0 Å². The molecule has 3 amide bonds. The summed E-state index contributed by atoms with van der Waals surface area (Å²) in [6.45, 7) is 7.39. The molecule has 0 aromatic heterocycles. The Kier molecular flexibility index (Phi) is 6.57. The number of hydrogen-bond donors (Lipinski definition) is 1. The first-order chi connectivity index (χ1) is 12.6. The van der Waals surface area contributed by atoms with Gasteiger partial charge < -0.3 is 15.1 Å². The first-order valence-electron chi connectivity index (χ1n) is 9.16. The molecule has 6 nitrogen and oxygen atoms in total. The number of likely N-dealkylation sites (tertiary alicyclic amines) is 1. The minimum Gasteiger partial charge on any atom is -0.352 e. The fourth-order valence-electron chi connectivity index (χ4n) is 3.22. The van der Waals surface area contributed by atoms with Crippen LogP contribution >= 0.6 is 0 Å². The maximum absolute atomic E-state index is 12.9. The highest BCUT2D eigenvalue weighted by Gasteiger charge is 2.36. The summed E-state index contributed by atoms with van der Waals surface area (Å²) in [5.74, 6) is -0.582.